The van der Waals surface area contributed by atoms with Crippen molar-refractivity contribution in [1.29, 1.82) is 0 Å². The Labute approximate surface area is 198 Å². The Morgan fingerprint density at radius 3 is 2.50 bits per heavy atom. The van der Waals surface area contributed by atoms with Gasteiger partial charge in [0.2, 0.25) is 21.8 Å². The summed E-state index contributed by atoms with van der Waals surface area (Å²) < 4.78 is 31.5. The van der Waals surface area contributed by atoms with Crippen LogP contribution in [0.15, 0.2) is 11.8 Å². The van der Waals surface area contributed by atoms with Crippen LogP contribution in [-0.2, 0) is 33.9 Å². The molecule has 1 fully saturated rings. The number of sulfonamides is 1. The molecule has 0 radical (unpaired) electrons. The number of aliphatic hydroxyl groups excluding tert-OH is 1. The Bertz CT molecular complexity index is 983. The van der Waals surface area contributed by atoms with Crippen LogP contribution < -0.4 is 21.5 Å². The average molecular weight is 504 g/mol. The minimum absolute atomic E-state index is 0.0874. The minimum Gasteiger partial charge on any atom is -0.467 e. The molecule has 0 spiro atoms. The fraction of sp³-hybridized carbons (Fsp3) is 0.700. The van der Waals surface area contributed by atoms with Crippen LogP contribution >= 0.6 is 0 Å². The van der Waals surface area contributed by atoms with Gasteiger partial charge in [0, 0.05) is 37.2 Å². The highest BCUT2D eigenvalue weighted by molar-refractivity contribution is 7.90. The summed E-state index contributed by atoms with van der Waals surface area (Å²) in [7, 11) is -1.79. The molecule has 2 rings (SSSR count). The Balaban J connectivity index is 2.29. The number of aliphatic hydroxyl groups is 1. The Kier molecular flexibility index (Phi) is 8.32. The van der Waals surface area contributed by atoms with Crippen molar-refractivity contribution in [3.8, 4) is 0 Å². The lowest BCUT2D eigenvalue weighted by atomic mass is 9.77. The molecule has 1 aliphatic carbocycles. The van der Waals surface area contributed by atoms with Gasteiger partial charge in [-0.05, 0) is 12.3 Å². The van der Waals surface area contributed by atoms with Crippen LogP contribution in [0.2, 0.25) is 0 Å². The van der Waals surface area contributed by atoms with Gasteiger partial charge in [-0.2, -0.15) is 0 Å². The topological polar surface area (TPSA) is 211 Å². The van der Waals surface area contributed by atoms with Crippen LogP contribution in [0.4, 0.5) is 0 Å². The minimum atomic E-state index is -4.47. The molecule has 0 aromatic heterocycles. The quantitative estimate of drug-likeness (QED) is 0.203. The van der Waals surface area contributed by atoms with Gasteiger partial charge in [0.05, 0.1) is 19.3 Å². The third-order valence-electron chi connectivity index (χ3n) is 6.61. The van der Waals surface area contributed by atoms with Crippen LogP contribution in [-0.4, -0.2) is 86.3 Å². The van der Waals surface area contributed by atoms with E-state index in [0.29, 0.717) is 6.42 Å². The number of primary amides is 1. The Morgan fingerprint density at radius 2 is 1.97 bits per heavy atom. The molecule has 0 aromatic rings. The number of amides is 3. The lowest BCUT2D eigenvalue weighted by Gasteiger charge is -2.41. The SMILES string of the molecule is CC[C@H](C)[C@H](N)C(=O)NS(=O)(=O)CC(=O)N[C@]1(C(=O)OC)[C@@H]2CN(C)C=C(C(N)=O)[C@@H]2C[C@@H]1O. The number of methoxy groups -OCH3 is 1. The molecule has 7 N–H and O–H groups in total. The number of hydrogen-bond donors (Lipinski definition) is 5. The molecule has 0 aromatic carbocycles. The Hall–Kier alpha value is -2.71. The molecule has 1 saturated carbocycles. The molecule has 1 aliphatic heterocycles. The number of ether oxygens (including phenoxy) is 1. The number of rotatable bonds is 9. The van der Waals surface area contributed by atoms with Crippen molar-refractivity contribution in [3.05, 3.63) is 11.8 Å². The normalized spacial score (nSPS) is 28.2. The summed E-state index contributed by atoms with van der Waals surface area (Å²) in [5.74, 6) is -6.88. The fourth-order valence-corrected chi connectivity index (χ4v) is 5.54. The first-order chi connectivity index (χ1) is 15.7. The standard InChI is InChI=1S/C20H33N5O8S/c1-5-10(2)16(21)18(29)24-34(31,32)9-15(27)23-20(19(30)33-4)13-8-25(3)7-12(17(22)28)11(13)6-14(20)26/h7,10-11,13-14,16,26H,5-6,8-9,21H2,1-4H3,(H2,22,28)(H,23,27)(H,24,29)/t10-,11-,13+,14-,16-,20+/m0/s1. The first-order valence-electron chi connectivity index (χ1n) is 10.8. The van der Waals surface area contributed by atoms with Gasteiger partial charge in [0.15, 0.2) is 5.54 Å². The van der Waals surface area contributed by atoms with Gasteiger partial charge < -0.3 is 31.5 Å². The molecular weight excluding hydrogens is 470 g/mol. The third-order valence-corrected chi connectivity index (χ3v) is 7.76. The van der Waals surface area contributed by atoms with Crippen molar-refractivity contribution in [2.75, 3.05) is 26.5 Å². The first-order valence-corrected chi connectivity index (χ1v) is 12.4. The molecule has 0 unspecified atom stereocenters. The number of nitrogens with zero attached hydrogens (tertiary/aromatic N) is 1. The maximum Gasteiger partial charge on any atom is 0.334 e. The predicted octanol–water partition coefficient (Wildman–Crippen LogP) is -2.85. The average Bonchev–Trinajstić information content (AvgIpc) is 3.02. The monoisotopic (exact) mass is 503 g/mol. The van der Waals surface area contributed by atoms with E-state index in [1.807, 2.05) is 0 Å². The van der Waals surface area contributed by atoms with E-state index in [4.69, 9.17) is 16.2 Å². The van der Waals surface area contributed by atoms with E-state index >= 15 is 0 Å². The summed E-state index contributed by atoms with van der Waals surface area (Å²) in [6.45, 7) is 3.60. The molecule has 13 nitrogen and oxygen atoms in total. The molecular formula is C20H33N5O8S. The number of nitrogens with two attached hydrogens (primary N) is 2. The highest BCUT2D eigenvalue weighted by atomic mass is 32.2. The van der Waals surface area contributed by atoms with Crippen LogP contribution in [0.1, 0.15) is 26.7 Å². The predicted molar refractivity (Wildman–Crippen MR) is 120 cm³/mol. The smallest absolute Gasteiger partial charge is 0.334 e. The zero-order valence-corrected chi connectivity index (χ0v) is 20.4. The summed E-state index contributed by atoms with van der Waals surface area (Å²) >= 11 is 0. The van der Waals surface area contributed by atoms with Gasteiger partial charge >= 0.3 is 5.97 Å². The lowest BCUT2D eigenvalue weighted by molar-refractivity contribution is -0.158. The van der Waals surface area contributed by atoms with Crippen LogP contribution in [0.5, 0.6) is 0 Å². The van der Waals surface area contributed by atoms with E-state index in [1.54, 1.807) is 30.5 Å². The van der Waals surface area contributed by atoms with Crippen LogP contribution in [0, 0.1) is 17.8 Å². The van der Waals surface area contributed by atoms with Crippen molar-refractivity contribution >= 4 is 33.7 Å². The molecule has 14 heteroatoms. The van der Waals surface area contributed by atoms with E-state index in [0.717, 1.165) is 7.11 Å². The van der Waals surface area contributed by atoms with Gasteiger partial charge in [-0.15, -0.1) is 0 Å². The van der Waals surface area contributed by atoms with Crippen LogP contribution in [0.25, 0.3) is 0 Å². The van der Waals surface area contributed by atoms with Gasteiger partial charge in [-0.1, -0.05) is 20.3 Å². The summed E-state index contributed by atoms with van der Waals surface area (Å²) in [6, 6.07) is -1.10. The number of hydrogen-bond acceptors (Lipinski definition) is 10. The number of carbonyl (C=O) groups excluding carboxylic acids is 4. The molecule has 3 amide bonds. The number of carbonyl (C=O) groups is 4. The largest absolute Gasteiger partial charge is 0.467 e. The fourth-order valence-electron chi connectivity index (χ4n) is 4.60. The van der Waals surface area contributed by atoms with Crippen LogP contribution in [0.3, 0.4) is 0 Å². The number of nitrogens with one attached hydrogen (secondary N) is 2. The molecule has 34 heavy (non-hydrogen) atoms. The molecule has 6 atom stereocenters. The molecule has 1 heterocycles. The van der Waals surface area contributed by atoms with Crippen molar-refractivity contribution in [3.63, 3.8) is 0 Å². The van der Waals surface area contributed by atoms with Gasteiger partial charge in [0.1, 0.15) is 5.75 Å². The van der Waals surface area contributed by atoms with E-state index in [9.17, 15) is 32.7 Å². The Morgan fingerprint density at radius 1 is 1.35 bits per heavy atom. The molecule has 192 valence electrons. The van der Waals surface area contributed by atoms with Crippen molar-refractivity contribution in [2.24, 2.45) is 29.2 Å². The van der Waals surface area contributed by atoms with E-state index in [2.05, 4.69) is 5.32 Å². The van der Waals surface area contributed by atoms with Gasteiger partial charge in [-0.3, -0.25) is 19.1 Å². The molecule has 0 bridgehead atoms. The first kappa shape index (κ1) is 27.5. The summed E-state index contributed by atoms with van der Waals surface area (Å²) in [5, 5.41) is 13.2. The second-order valence-corrected chi connectivity index (χ2v) is 10.6. The highest BCUT2D eigenvalue weighted by Crippen LogP contribution is 2.47. The van der Waals surface area contributed by atoms with E-state index < -0.39 is 69.0 Å². The third kappa shape index (κ3) is 5.33. The molecule has 2 aliphatic rings. The van der Waals surface area contributed by atoms with Crippen molar-refractivity contribution < 1.29 is 37.4 Å². The van der Waals surface area contributed by atoms with Crippen molar-refractivity contribution in [2.45, 2.75) is 44.4 Å². The summed E-state index contributed by atoms with van der Waals surface area (Å²) in [4.78, 5) is 51.4. The molecule has 0 saturated heterocycles. The lowest BCUT2D eigenvalue weighted by Crippen LogP contribution is -2.66. The summed E-state index contributed by atoms with van der Waals surface area (Å²) in [5.41, 5.74) is 9.34. The number of fused-ring (bicyclic) bond motifs is 1. The highest BCUT2D eigenvalue weighted by Gasteiger charge is 2.63. The zero-order valence-electron chi connectivity index (χ0n) is 19.6. The second-order valence-electron chi connectivity index (χ2n) is 8.90. The zero-order chi connectivity index (χ0) is 26.0. The number of esters is 1. The van der Waals surface area contributed by atoms with Crippen molar-refractivity contribution in [1.82, 2.24) is 14.9 Å². The van der Waals surface area contributed by atoms with E-state index in [1.165, 1.54) is 6.20 Å². The van der Waals surface area contributed by atoms with Gasteiger partial charge in [0.25, 0.3) is 5.91 Å². The summed E-state index contributed by atoms with van der Waals surface area (Å²) in [6.07, 6.45) is 0.458. The second kappa shape index (κ2) is 10.3. The maximum absolute atomic E-state index is 12.9. The van der Waals surface area contributed by atoms with Gasteiger partial charge in [-0.25, -0.2) is 13.2 Å². The maximum atomic E-state index is 12.9. The van der Waals surface area contributed by atoms with E-state index in [-0.39, 0.29) is 24.5 Å².